The van der Waals surface area contributed by atoms with Gasteiger partial charge in [-0.05, 0) is 24.3 Å². The lowest BCUT2D eigenvalue weighted by Gasteiger charge is -1.99. The van der Waals surface area contributed by atoms with Crippen molar-refractivity contribution in [2.24, 2.45) is 0 Å². The van der Waals surface area contributed by atoms with Gasteiger partial charge in [0.05, 0.1) is 7.11 Å². The van der Waals surface area contributed by atoms with Gasteiger partial charge in [-0.1, -0.05) is 13.8 Å². The van der Waals surface area contributed by atoms with Gasteiger partial charge in [0.25, 0.3) is 0 Å². The highest BCUT2D eigenvalue weighted by molar-refractivity contribution is 5.53. The third-order valence-electron chi connectivity index (χ3n) is 2.27. The zero-order chi connectivity index (χ0) is 11.5. The van der Waals surface area contributed by atoms with Crippen LogP contribution in [0.4, 0.5) is 0 Å². The van der Waals surface area contributed by atoms with Crippen molar-refractivity contribution in [3.05, 3.63) is 30.2 Å². The van der Waals surface area contributed by atoms with E-state index >= 15 is 0 Å². The second kappa shape index (κ2) is 4.35. The van der Waals surface area contributed by atoms with Crippen LogP contribution in [0.3, 0.4) is 0 Å². The van der Waals surface area contributed by atoms with E-state index in [9.17, 15) is 0 Å². The number of methoxy groups -OCH3 is 1. The number of aromatic nitrogens is 2. The first-order chi connectivity index (χ1) is 7.70. The molecule has 1 aromatic carbocycles. The van der Waals surface area contributed by atoms with Gasteiger partial charge in [-0.25, -0.2) is 0 Å². The van der Waals surface area contributed by atoms with Crippen LogP contribution in [-0.4, -0.2) is 17.3 Å². The van der Waals surface area contributed by atoms with Gasteiger partial charge >= 0.3 is 0 Å². The summed E-state index contributed by atoms with van der Waals surface area (Å²) in [6.45, 7) is 4.04. The second-order valence-corrected chi connectivity index (χ2v) is 3.83. The Balaban J connectivity index is 2.28. The summed E-state index contributed by atoms with van der Waals surface area (Å²) in [6, 6.07) is 7.54. The van der Waals surface area contributed by atoms with Crippen molar-refractivity contribution in [2.45, 2.75) is 19.8 Å². The topological polar surface area (TPSA) is 48.2 Å². The molecule has 0 bridgehead atoms. The summed E-state index contributed by atoms with van der Waals surface area (Å²) in [6.07, 6.45) is 0. The Labute approximate surface area is 94.3 Å². The summed E-state index contributed by atoms with van der Waals surface area (Å²) in [5.41, 5.74) is 0.903. The standard InChI is InChI=1S/C12H14N2O2/c1-8(2)11-13-14-12(16-11)9-4-6-10(15-3)7-5-9/h4-8H,1-3H3. The minimum atomic E-state index is 0.250. The quantitative estimate of drug-likeness (QED) is 0.794. The molecule has 0 atom stereocenters. The number of hydrogen-bond donors (Lipinski definition) is 0. The summed E-state index contributed by atoms with van der Waals surface area (Å²) >= 11 is 0. The Morgan fingerprint density at radius 2 is 1.81 bits per heavy atom. The first-order valence-electron chi connectivity index (χ1n) is 5.18. The smallest absolute Gasteiger partial charge is 0.247 e. The molecular formula is C12H14N2O2. The zero-order valence-corrected chi connectivity index (χ0v) is 9.60. The second-order valence-electron chi connectivity index (χ2n) is 3.83. The Morgan fingerprint density at radius 1 is 1.12 bits per heavy atom. The molecule has 0 unspecified atom stereocenters. The van der Waals surface area contributed by atoms with Gasteiger partial charge < -0.3 is 9.15 Å². The molecule has 0 spiro atoms. The fraction of sp³-hybridized carbons (Fsp3) is 0.333. The highest BCUT2D eigenvalue weighted by Crippen LogP contribution is 2.23. The van der Waals surface area contributed by atoms with E-state index in [1.165, 1.54) is 0 Å². The predicted octanol–water partition coefficient (Wildman–Crippen LogP) is 2.87. The van der Waals surface area contributed by atoms with Crippen molar-refractivity contribution < 1.29 is 9.15 Å². The number of rotatable bonds is 3. The molecule has 1 aromatic heterocycles. The Hall–Kier alpha value is -1.84. The molecule has 84 valence electrons. The van der Waals surface area contributed by atoms with Gasteiger partial charge in [0, 0.05) is 11.5 Å². The largest absolute Gasteiger partial charge is 0.497 e. The molecule has 2 rings (SSSR count). The van der Waals surface area contributed by atoms with E-state index in [1.54, 1.807) is 7.11 Å². The molecule has 16 heavy (non-hydrogen) atoms. The average molecular weight is 218 g/mol. The fourth-order valence-electron chi connectivity index (χ4n) is 1.32. The van der Waals surface area contributed by atoms with Gasteiger partial charge in [-0.2, -0.15) is 0 Å². The van der Waals surface area contributed by atoms with Crippen LogP contribution < -0.4 is 4.74 Å². The molecule has 0 radical (unpaired) electrons. The summed E-state index contributed by atoms with van der Waals surface area (Å²) in [5.74, 6) is 2.27. The molecule has 4 nitrogen and oxygen atoms in total. The van der Waals surface area contributed by atoms with Crippen molar-refractivity contribution in [3.8, 4) is 17.2 Å². The molecule has 0 saturated carbocycles. The molecular weight excluding hydrogens is 204 g/mol. The maximum Gasteiger partial charge on any atom is 0.247 e. The summed E-state index contributed by atoms with van der Waals surface area (Å²) in [7, 11) is 1.64. The lowest BCUT2D eigenvalue weighted by Crippen LogP contribution is -1.85. The molecule has 0 amide bonds. The predicted molar refractivity (Wildman–Crippen MR) is 60.4 cm³/mol. The van der Waals surface area contributed by atoms with Crippen LogP contribution in [0.1, 0.15) is 25.7 Å². The summed E-state index contributed by atoms with van der Waals surface area (Å²) in [5, 5.41) is 7.99. The highest BCUT2D eigenvalue weighted by Gasteiger charge is 2.10. The molecule has 2 aromatic rings. The van der Waals surface area contributed by atoms with E-state index in [0.717, 1.165) is 11.3 Å². The van der Waals surface area contributed by atoms with Gasteiger partial charge in [-0.3, -0.25) is 0 Å². The molecule has 1 heterocycles. The van der Waals surface area contributed by atoms with Crippen molar-refractivity contribution in [1.82, 2.24) is 10.2 Å². The Kier molecular flexibility index (Phi) is 2.90. The van der Waals surface area contributed by atoms with E-state index < -0.39 is 0 Å². The monoisotopic (exact) mass is 218 g/mol. The Morgan fingerprint density at radius 3 is 2.31 bits per heavy atom. The van der Waals surface area contributed by atoms with Crippen LogP contribution in [0.5, 0.6) is 5.75 Å². The summed E-state index contributed by atoms with van der Waals surface area (Å²) in [4.78, 5) is 0. The fourth-order valence-corrected chi connectivity index (χ4v) is 1.32. The van der Waals surface area contributed by atoms with Crippen LogP contribution in [0.2, 0.25) is 0 Å². The molecule has 4 heteroatoms. The molecule has 0 saturated heterocycles. The van der Waals surface area contributed by atoms with Gasteiger partial charge in [0.2, 0.25) is 11.8 Å². The third-order valence-corrected chi connectivity index (χ3v) is 2.27. The molecule has 0 aliphatic carbocycles. The maximum atomic E-state index is 5.54. The SMILES string of the molecule is COc1ccc(-c2nnc(C(C)C)o2)cc1. The first-order valence-corrected chi connectivity index (χ1v) is 5.18. The molecule has 0 aliphatic rings. The van der Waals surface area contributed by atoms with Crippen LogP contribution in [0, 0.1) is 0 Å². The molecule has 0 fully saturated rings. The van der Waals surface area contributed by atoms with Crippen LogP contribution in [0.25, 0.3) is 11.5 Å². The van der Waals surface area contributed by atoms with Crippen molar-refractivity contribution in [1.29, 1.82) is 0 Å². The van der Waals surface area contributed by atoms with Crippen LogP contribution in [-0.2, 0) is 0 Å². The van der Waals surface area contributed by atoms with E-state index in [4.69, 9.17) is 9.15 Å². The van der Waals surface area contributed by atoms with Crippen molar-refractivity contribution in [2.75, 3.05) is 7.11 Å². The number of hydrogen-bond acceptors (Lipinski definition) is 4. The lowest BCUT2D eigenvalue weighted by atomic mass is 10.2. The van der Waals surface area contributed by atoms with Crippen molar-refractivity contribution in [3.63, 3.8) is 0 Å². The Bertz CT molecular complexity index is 460. The zero-order valence-electron chi connectivity index (χ0n) is 9.60. The minimum absolute atomic E-state index is 0.250. The lowest BCUT2D eigenvalue weighted by molar-refractivity contribution is 0.415. The van der Waals surface area contributed by atoms with E-state index in [0.29, 0.717) is 11.8 Å². The number of benzene rings is 1. The van der Waals surface area contributed by atoms with Gasteiger partial charge in [0.15, 0.2) is 0 Å². The molecule has 0 aliphatic heterocycles. The van der Waals surface area contributed by atoms with Gasteiger partial charge in [0.1, 0.15) is 5.75 Å². The third kappa shape index (κ3) is 2.05. The minimum Gasteiger partial charge on any atom is -0.497 e. The average Bonchev–Trinajstić information content (AvgIpc) is 2.78. The first kappa shape index (κ1) is 10.7. The van der Waals surface area contributed by atoms with E-state index in [-0.39, 0.29) is 5.92 Å². The highest BCUT2D eigenvalue weighted by atomic mass is 16.5. The van der Waals surface area contributed by atoms with Crippen molar-refractivity contribution >= 4 is 0 Å². The van der Waals surface area contributed by atoms with E-state index in [2.05, 4.69) is 10.2 Å². The van der Waals surface area contributed by atoms with Crippen LogP contribution in [0.15, 0.2) is 28.7 Å². The number of nitrogens with zero attached hydrogens (tertiary/aromatic N) is 2. The normalized spacial score (nSPS) is 10.8. The maximum absolute atomic E-state index is 5.54. The van der Waals surface area contributed by atoms with Crippen LogP contribution >= 0.6 is 0 Å². The van der Waals surface area contributed by atoms with E-state index in [1.807, 2.05) is 38.1 Å². The van der Waals surface area contributed by atoms with Gasteiger partial charge in [-0.15, -0.1) is 10.2 Å². The number of ether oxygens (including phenoxy) is 1. The summed E-state index contributed by atoms with van der Waals surface area (Å²) < 4.78 is 10.6. The molecule has 0 N–H and O–H groups in total.